The highest BCUT2D eigenvalue weighted by Gasteiger charge is 2.52. The molecule has 0 aliphatic heterocycles. The summed E-state index contributed by atoms with van der Waals surface area (Å²) in [5.74, 6) is 0.746. The highest BCUT2D eigenvalue weighted by Crippen LogP contribution is 2.46. The van der Waals surface area contributed by atoms with Crippen molar-refractivity contribution in [3.8, 4) is 5.75 Å². The minimum Gasteiger partial charge on any atom is -0.497 e. The van der Waals surface area contributed by atoms with E-state index in [4.69, 9.17) is 20.8 Å². The summed E-state index contributed by atoms with van der Waals surface area (Å²) in [5.41, 5.74) is 1.93. The van der Waals surface area contributed by atoms with E-state index in [0.717, 1.165) is 27.2 Å². The predicted octanol–water partition coefficient (Wildman–Crippen LogP) is 7.27. The fraction of sp³-hybridized carbons (Fsp3) is 0.278. The SMILES string of the molecule is COc1ccc([C@H]2C[C@@H](O[Si](c3ccccc3)(c3ccccc3)C(C)(C)C)C=C2S(=O)(=O)c2ccccc2)c(CCCl)c1. The lowest BCUT2D eigenvalue weighted by molar-refractivity contribution is 0.228. The van der Waals surface area contributed by atoms with Gasteiger partial charge in [0.05, 0.1) is 23.0 Å². The van der Waals surface area contributed by atoms with Crippen molar-refractivity contribution >= 4 is 40.1 Å². The van der Waals surface area contributed by atoms with Gasteiger partial charge in [0.15, 0.2) is 0 Å². The third kappa shape index (κ3) is 6.11. The van der Waals surface area contributed by atoms with Crippen LogP contribution in [0.3, 0.4) is 0 Å². The van der Waals surface area contributed by atoms with Gasteiger partial charge in [-0.15, -0.1) is 11.6 Å². The zero-order valence-corrected chi connectivity index (χ0v) is 27.7. The molecule has 0 unspecified atom stereocenters. The molecule has 0 heterocycles. The van der Waals surface area contributed by atoms with Gasteiger partial charge >= 0.3 is 0 Å². The molecule has 0 radical (unpaired) electrons. The molecule has 43 heavy (non-hydrogen) atoms. The molecule has 0 spiro atoms. The topological polar surface area (TPSA) is 52.6 Å². The zero-order chi connectivity index (χ0) is 30.7. The van der Waals surface area contributed by atoms with Gasteiger partial charge < -0.3 is 9.16 Å². The van der Waals surface area contributed by atoms with Crippen molar-refractivity contribution in [3.05, 3.63) is 131 Å². The lowest BCUT2D eigenvalue weighted by Crippen LogP contribution is -2.67. The number of rotatable bonds is 10. The first kappa shape index (κ1) is 31.3. The van der Waals surface area contributed by atoms with E-state index in [1.54, 1.807) is 31.4 Å². The molecule has 1 aliphatic rings. The van der Waals surface area contributed by atoms with Crippen molar-refractivity contribution in [3.63, 3.8) is 0 Å². The fourth-order valence-electron chi connectivity index (χ4n) is 6.38. The van der Waals surface area contributed by atoms with E-state index in [2.05, 4.69) is 69.3 Å². The van der Waals surface area contributed by atoms with Crippen LogP contribution in [0, 0.1) is 0 Å². The number of sulfone groups is 1. The number of allylic oxidation sites excluding steroid dienone is 1. The van der Waals surface area contributed by atoms with Crippen LogP contribution in [-0.2, 0) is 20.7 Å². The third-order valence-corrected chi connectivity index (χ3v) is 15.5. The molecule has 2 atom stereocenters. The molecule has 7 heteroatoms. The van der Waals surface area contributed by atoms with Crippen molar-refractivity contribution in [2.24, 2.45) is 0 Å². The number of ether oxygens (including phenoxy) is 1. The smallest absolute Gasteiger partial charge is 0.261 e. The van der Waals surface area contributed by atoms with Crippen LogP contribution >= 0.6 is 11.6 Å². The summed E-state index contributed by atoms with van der Waals surface area (Å²) in [6.07, 6.45) is 2.56. The van der Waals surface area contributed by atoms with Crippen LogP contribution in [0.2, 0.25) is 5.04 Å². The van der Waals surface area contributed by atoms with Crippen molar-refractivity contribution in [1.29, 1.82) is 0 Å². The monoisotopic (exact) mass is 630 g/mol. The first-order valence-corrected chi connectivity index (χ1v) is 18.6. The Balaban J connectivity index is 1.69. The van der Waals surface area contributed by atoms with Crippen LogP contribution in [0.1, 0.15) is 44.2 Å². The minimum absolute atomic E-state index is 0.246. The van der Waals surface area contributed by atoms with E-state index in [-0.39, 0.29) is 9.93 Å². The molecule has 0 aromatic heterocycles. The summed E-state index contributed by atoms with van der Waals surface area (Å²) in [6, 6.07) is 35.5. The van der Waals surface area contributed by atoms with Gasteiger partial charge in [0.2, 0.25) is 9.84 Å². The normalized spacial score (nSPS) is 17.5. The molecule has 0 amide bonds. The first-order chi connectivity index (χ1) is 20.6. The molecular weight excluding hydrogens is 592 g/mol. The van der Waals surface area contributed by atoms with Crippen LogP contribution in [-0.4, -0.2) is 35.8 Å². The van der Waals surface area contributed by atoms with Gasteiger partial charge in [-0.2, -0.15) is 0 Å². The van der Waals surface area contributed by atoms with Crippen LogP contribution in [0.25, 0.3) is 0 Å². The summed E-state index contributed by atoms with van der Waals surface area (Å²) in [5, 5.41) is 2.07. The van der Waals surface area contributed by atoms with E-state index >= 15 is 0 Å². The zero-order valence-electron chi connectivity index (χ0n) is 25.2. The number of hydrogen-bond donors (Lipinski definition) is 0. The molecular formula is C36H39ClO4SSi. The number of halogens is 1. The lowest BCUT2D eigenvalue weighted by Gasteiger charge is -2.44. The largest absolute Gasteiger partial charge is 0.497 e. The highest BCUT2D eigenvalue weighted by atomic mass is 35.5. The van der Waals surface area contributed by atoms with Crippen LogP contribution < -0.4 is 15.1 Å². The number of alkyl halides is 1. The molecule has 0 N–H and O–H groups in total. The molecule has 0 saturated carbocycles. The number of hydrogen-bond acceptors (Lipinski definition) is 4. The Morgan fingerprint density at radius 3 is 1.91 bits per heavy atom. The summed E-state index contributed by atoms with van der Waals surface area (Å²) in [6.45, 7) is 6.71. The summed E-state index contributed by atoms with van der Waals surface area (Å²) < 4.78 is 41.5. The Bertz CT molecular complexity index is 1630. The second-order valence-electron chi connectivity index (χ2n) is 12.0. The van der Waals surface area contributed by atoms with Crippen molar-refractivity contribution in [1.82, 2.24) is 0 Å². The molecule has 4 aromatic carbocycles. The van der Waals surface area contributed by atoms with Crippen LogP contribution in [0.5, 0.6) is 5.75 Å². The van der Waals surface area contributed by atoms with E-state index in [1.165, 1.54) is 0 Å². The standard InChI is InChI=1S/C36H39ClO4SSi/c1-36(2,3)43(31-16-10-6-11-17-31,32-18-12-7-13-19-32)41-29-25-34(33-21-20-28(40-4)24-27(33)22-23-37)35(26-29)42(38,39)30-14-8-5-9-15-30/h5-21,24,26,29,34H,22-23,25H2,1-4H3/t29-,34-/m1/s1. The van der Waals surface area contributed by atoms with E-state index in [0.29, 0.717) is 23.6 Å². The molecule has 0 bridgehead atoms. The third-order valence-electron chi connectivity index (χ3n) is 8.36. The average Bonchev–Trinajstić information content (AvgIpc) is 3.45. The Kier molecular flexibility index (Phi) is 9.33. The van der Waals surface area contributed by atoms with E-state index in [9.17, 15) is 8.42 Å². The first-order valence-electron chi connectivity index (χ1n) is 14.7. The van der Waals surface area contributed by atoms with Crippen molar-refractivity contribution < 1.29 is 17.6 Å². The second-order valence-corrected chi connectivity index (χ2v) is 18.6. The van der Waals surface area contributed by atoms with Crippen molar-refractivity contribution in [2.45, 2.75) is 55.6 Å². The molecule has 5 rings (SSSR count). The number of benzene rings is 4. The van der Waals surface area contributed by atoms with E-state index in [1.807, 2.05) is 42.5 Å². The Morgan fingerprint density at radius 2 is 1.40 bits per heavy atom. The van der Waals surface area contributed by atoms with Gasteiger partial charge in [0, 0.05) is 11.8 Å². The second kappa shape index (κ2) is 12.8. The maximum atomic E-state index is 14.3. The number of methoxy groups -OCH3 is 1. The maximum absolute atomic E-state index is 14.3. The van der Waals surface area contributed by atoms with Crippen LogP contribution in [0.4, 0.5) is 0 Å². The minimum atomic E-state index is -3.80. The van der Waals surface area contributed by atoms with Crippen LogP contribution in [0.15, 0.2) is 125 Å². The molecule has 224 valence electrons. The van der Waals surface area contributed by atoms with Gasteiger partial charge in [-0.25, -0.2) is 8.42 Å². The Hall–Kier alpha value is -3.16. The quantitative estimate of drug-likeness (QED) is 0.137. The number of aryl methyl sites for hydroxylation is 1. The van der Waals surface area contributed by atoms with Gasteiger partial charge in [0.25, 0.3) is 8.32 Å². The van der Waals surface area contributed by atoms with Gasteiger partial charge in [-0.3, -0.25) is 0 Å². The highest BCUT2D eigenvalue weighted by molar-refractivity contribution is 7.95. The van der Waals surface area contributed by atoms with Gasteiger partial charge in [0.1, 0.15) is 5.75 Å². The predicted molar refractivity (Wildman–Crippen MR) is 179 cm³/mol. The fourth-order valence-corrected chi connectivity index (χ4v) is 12.9. The molecule has 0 fully saturated rings. The molecule has 0 saturated heterocycles. The summed E-state index contributed by atoms with van der Waals surface area (Å²) >= 11 is 6.24. The summed E-state index contributed by atoms with van der Waals surface area (Å²) in [4.78, 5) is 0.660. The Morgan fingerprint density at radius 1 is 0.837 bits per heavy atom. The van der Waals surface area contributed by atoms with Crippen molar-refractivity contribution in [2.75, 3.05) is 13.0 Å². The maximum Gasteiger partial charge on any atom is 0.261 e. The van der Waals surface area contributed by atoms with E-state index < -0.39 is 30.2 Å². The molecule has 4 nitrogen and oxygen atoms in total. The Labute approximate surface area is 262 Å². The molecule has 1 aliphatic carbocycles. The lowest BCUT2D eigenvalue weighted by atomic mass is 9.92. The molecule has 4 aromatic rings. The summed E-state index contributed by atoms with van der Waals surface area (Å²) in [7, 11) is -5.11. The van der Waals surface area contributed by atoms with Gasteiger partial charge in [-0.05, 0) is 69.7 Å². The average molecular weight is 631 g/mol. The van der Waals surface area contributed by atoms with Gasteiger partial charge in [-0.1, -0.05) is 106 Å².